The standard InChI is InChI=1S/C16H19N3O/c1-16(12-17,18-2)9-5-11-20-15-8-3-7-14-13(15)6-4-10-19-14/h3-4,6-8,10,18H,5,9,11H2,1-2H3. The van der Waals surface area contributed by atoms with E-state index >= 15 is 0 Å². The number of nitrogens with one attached hydrogen (secondary N) is 1. The normalized spacial score (nSPS) is 13.7. The summed E-state index contributed by atoms with van der Waals surface area (Å²) in [5.41, 5.74) is 0.450. The lowest BCUT2D eigenvalue weighted by Crippen LogP contribution is -2.38. The summed E-state index contributed by atoms with van der Waals surface area (Å²) in [5.74, 6) is 0.846. The number of fused-ring (bicyclic) bond motifs is 1. The Morgan fingerprint density at radius 2 is 2.20 bits per heavy atom. The second-order valence-electron chi connectivity index (χ2n) is 4.97. The van der Waals surface area contributed by atoms with Crippen LogP contribution in [0.25, 0.3) is 10.9 Å². The fourth-order valence-corrected chi connectivity index (χ4v) is 2.05. The van der Waals surface area contributed by atoms with Gasteiger partial charge in [-0.25, -0.2) is 0 Å². The van der Waals surface area contributed by atoms with E-state index < -0.39 is 5.54 Å². The summed E-state index contributed by atoms with van der Waals surface area (Å²) < 4.78 is 5.83. The summed E-state index contributed by atoms with van der Waals surface area (Å²) in [6, 6.07) is 12.1. The van der Waals surface area contributed by atoms with Gasteiger partial charge in [-0.1, -0.05) is 6.07 Å². The van der Waals surface area contributed by atoms with Crippen LogP contribution in [0.1, 0.15) is 19.8 Å². The van der Waals surface area contributed by atoms with Crippen molar-refractivity contribution in [2.45, 2.75) is 25.3 Å². The van der Waals surface area contributed by atoms with Gasteiger partial charge in [0.05, 0.1) is 18.2 Å². The SMILES string of the molecule is CNC(C)(C#N)CCCOc1cccc2ncccc12. The van der Waals surface area contributed by atoms with Gasteiger partial charge in [-0.15, -0.1) is 0 Å². The van der Waals surface area contributed by atoms with E-state index in [9.17, 15) is 0 Å². The van der Waals surface area contributed by atoms with Gasteiger partial charge in [-0.3, -0.25) is 4.98 Å². The van der Waals surface area contributed by atoms with Gasteiger partial charge in [-0.2, -0.15) is 5.26 Å². The molecule has 0 saturated carbocycles. The van der Waals surface area contributed by atoms with Gasteiger partial charge in [0.1, 0.15) is 11.3 Å². The molecule has 0 aliphatic heterocycles. The lowest BCUT2D eigenvalue weighted by atomic mass is 9.98. The largest absolute Gasteiger partial charge is 0.493 e. The summed E-state index contributed by atoms with van der Waals surface area (Å²) in [6.07, 6.45) is 3.35. The maximum Gasteiger partial charge on any atom is 0.128 e. The lowest BCUT2D eigenvalue weighted by molar-refractivity contribution is 0.292. The van der Waals surface area contributed by atoms with Gasteiger partial charge in [0.2, 0.25) is 0 Å². The van der Waals surface area contributed by atoms with Gasteiger partial charge in [-0.05, 0) is 51.1 Å². The summed E-state index contributed by atoms with van der Waals surface area (Å²) in [7, 11) is 1.81. The summed E-state index contributed by atoms with van der Waals surface area (Å²) in [5, 5.41) is 13.1. The number of hydrogen-bond acceptors (Lipinski definition) is 4. The molecule has 0 amide bonds. The van der Waals surface area contributed by atoms with Gasteiger partial charge >= 0.3 is 0 Å². The Morgan fingerprint density at radius 1 is 1.35 bits per heavy atom. The summed E-state index contributed by atoms with van der Waals surface area (Å²) in [4.78, 5) is 4.30. The number of rotatable bonds is 6. The number of aromatic nitrogens is 1. The first-order valence-electron chi connectivity index (χ1n) is 6.75. The van der Waals surface area contributed by atoms with Gasteiger partial charge in [0.15, 0.2) is 0 Å². The smallest absolute Gasteiger partial charge is 0.128 e. The average Bonchev–Trinajstić information content (AvgIpc) is 2.51. The predicted octanol–water partition coefficient (Wildman–Crippen LogP) is 2.90. The first-order valence-corrected chi connectivity index (χ1v) is 6.75. The van der Waals surface area contributed by atoms with Crippen LogP contribution in [0, 0.1) is 11.3 Å². The topological polar surface area (TPSA) is 57.9 Å². The maximum atomic E-state index is 9.08. The monoisotopic (exact) mass is 269 g/mol. The van der Waals surface area contributed by atoms with Crippen molar-refractivity contribution in [2.24, 2.45) is 0 Å². The van der Waals surface area contributed by atoms with E-state index in [0.717, 1.165) is 29.5 Å². The molecule has 0 bridgehead atoms. The number of ether oxygens (including phenoxy) is 1. The predicted molar refractivity (Wildman–Crippen MR) is 79.5 cm³/mol. The van der Waals surface area contributed by atoms with Crippen molar-refractivity contribution in [2.75, 3.05) is 13.7 Å². The Balaban J connectivity index is 1.96. The van der Waals surface area contributed by atoms with Crippen molar-refractivity contribution in [3.05, 3.63) is 36.5 Å². The Labute approximate surface area is 119 Å². The van der Waals surface area contributed by atoms with Crippen LogP contribution in [0.3, 0.4) is 0 Å². The molecule has 1 unspecified atom stereocenters. The number of nitrogens with zero attached hydrogens (tertiary/aromatic N) is 2. The second-order valence-corrected chi connectivity index (χ2v) is 4.97. The third-order valence-corrected chi connectivity index (χ3v) is 3.48. The molecule has 4 heteroatoms. The molecule has 0 aliphatic rings. The third-order valence-electron chi connectivity index (χ3n) is 3.48. The quantitative estimate of drug-likeness (QED) is 0.819. The highest BCUT2D eigenvalue weighted by Crippen LogP contribution is 2.24. The molecule has 0 radical (unpaired) electrons. The van der Waals surface area contributed by atoms with Crippen LogP contribution in [-0.4, -0.2) is 24.2 Å². The highest BCUT2D eigenvalue weighted by atomic mass is 16.5. The Kier molecular flexibility index (Phi) is 4.54. The van der Waals surface area contributed by atoms with Crippen molar-refractivity contribution in [3.63, 3.8) is 0 Å². The Morgan fingerprint density at radius 3 is 2.95 bits per heavy atom. The summed E-state index contributed by atoms with van der Waals surface area (Å²) >= 11 is 0. The lowest BCUT2D eigenvalue weighted by Gasteiger charge is -2.20. The second kappa shape index (κ2) is 6.36. The first kappa shape index (κ1) is 14.3. The van der Waals surface area contributed by atoms with E-state index in [0.29, 0.717) is 6.61 Å². The minimum absolute atomic E-state index is 0.482. The third kappa shape index (κ3) is 3.25. The first-order chi connectivity index (χ1) is 9.68. The molecule has 2 rings (SSSR count). The van der Waals surface area contributed by atoms with E-state index in [2.05, 4.69) is 16.4 Å². The Hall–Kier alpha value is -2.12. The van der Waals surface area contributed by atoms with E-state index in [1.807, 2.05) is 37.3 Å². The minimum atomic E-state index is -0.482. The van der Waals surface area contributed by atoms with Crippen LogP contribution in [0.2, 0.25) is 0 Å². The molecular weight excluding hydrogens is 250 g/mol. The molecule has 2 aromatic rings. The number of benzene rings is 1. The van der Waals surface area contributed by atoms with Crippen LogP contribution in [0.15, 0.2) is 36.5 Å². The molecule has 0 saturated heterocycles. The minimum Gasteiger partial charge on any atom is -0.493 e. The van der Waals surface area contributed by atoms with Gasteiger partial charge in [0, 0.05) is 11.6 Å². The van der Waals surface area contributed by atoms with Gasteiger partial charge in [0.25, 0.3) is 0 Å². The van der Waals surface area contributed by atoms with Crippen LogP contribution in [0.5, 0.6) is 5.75 Å². The highest BCUT2D eigenvalue weighted by molar-refractivity contribution is 5.84. The molecule has 1 aromatic carbocycles. The molecule has 4 nitrogen and oxygen atoms in total. The zero-order valence-corrected chi connectivity index (χ0v) is 11.9. The fraction of sp³-hybridized carbons (Fsp3) is 0.375. The van der Waals surface area contributed by atoms with E-state index in [-0.39, 0.29) is 0 Å². The highest BCUT2D eigenvalue weighted by Gasteiger charge is 2.20. The molecule has 1 N–H and O–H groups in total. The molecule has 1 aromatic heterocycles. The maximum absolute atomic E-state index is 9.08. The molecule has 104 valence electrons. The summed E-state index contributed by atoms with van der Waals surface area (Å²) in [6.45, 7) is 2.49. The van der Waals surface area contributed by atoms with Crippen LogP contribution >= 0.6 is 0 Å². The number of pyridine rings is 1. The van der Waals surface area contributed by atoms with Gasteiger partial charge < -0.3 is 10.1 Å². The number of nitriles is 1. The van der Waals surface area contributed by atoms with Crippen molar-refractivity contribution in [1.29, 1.82) is 5.26 Å². The number of hydrogen-bond donors (Lipinski definition) is 1. The van der Waals surface area contributed by atoms with Crippen LogP contribution in [-0.2, 0) is 0 Å². The fourth-order valence-electron chi connectivity index (χ4n) is 2.05. The molecule has 0 spiro atoms. The van der Waals surface area contributed by atoms with Crippen LogP contribution in [0.4, 0.5) is 0 Å². The molecule has 1 atom stereocenters. The van der Waals surface area contributed by atoms with Crippen LogP contribution < -0.4 is 10.1 Å². The molecular formula is C16H19N3O. The van der Waals surface area contributed by atoms with E-state index in [4.69, 9.17) is 10.00 Å². The zero-order valence-electron chi connectivity index (χ0n) is 11.9. The average molecular weight is 269 g/mol. The Bertz CT molecular complexity index is 615. The van der Waals surface area contributed by atoms with Crippen molar-refractivity contribution in [1.82, 2.24) is 10.3 Å². The van der Waals surface area contributed by atoms with Crippen molar-refractivity contribution < 1.29 is 4.74 Å². The molecule has 0 aliphatic carbocycles. The van der Waals surface area contributed by atoms with Crippen molar-refractivity contribution in [3.8, 4) is 11.8 Å². The zero-order chi connectivity index (χ0) is 14.4. The van der Waals surface area contributed by atoms with Crippen molar-refractivity contribution >= 4 is 10.9 Å². The molecule has 1 heterocycles. The van der Waals surface area contributed by atoms with E-state index in [1.54, 1.807) is 13.2 Å². The molecule has 20 heavy (non-hydrogen) atoms. The van der Waals surface area contributed by atoms with E-state index in [1.165, 1.54) is 0 Å². The molecule has 0 fully saturated rings.